The Morgan fingerprint density at radius 3 is 2.63 bits per heavy atom. The average Bonchev–Trinajstić information content (AvgIpc) is 2.76. The van der Waals surface area contributed by atoms with E-state index in [1.54, 1.807) is 6.33 Å². The van der Waals surface area contributed by atoms with Gasteiger partial charge in [-0.25, -0.2) is 9.67 Å². The van der Waals surface area contributed by atoms with Gasteiger partial charge in [-0.2, -0.15) is 5.10 Å². The molecule has 0 aliphatic heterocycles. The Bertz CT molecular complexity index is 401. The lowest BCUT2D eigenvalue weighted by Crippen LogP contribution is -2.37. The van der Waals surface area contributed by atoms with Crippen LogP contribution in [0.2, 0.25) is 0 Å². The first-order chi connectivity index (χ1) is 8.95. The summed E-state index contributed by atoms with van der Waals surface area (Å²) < 4.78 is 6.87. The van der Waals surface area contributed by atoms with Gasteiger partial charge in [0.05, 0.1) is 19.7 Å². The van der Waals surface area contributed by atoms with Gasteiger partial charge in [0, 0.05) is 12.1 Å². The van der Waals surface area contributed by atoms with E-state index >= 15 is 0 Å². The maximum Gasteiger partial charge on any atom is 0.320 e. The van der Waals surface area contributed by atoms with Gasteiger partial charge in [-0.05, 0) is 34.6 Å². The fourth-order valence-electron chi connectivity index (χ4n) is 1.79. The van der Waals surface area contributed by atoms with Gasteiger partial charge in [0.2, 0.25) is 0 Å². The first-order valence-electron chi connectivity index (χ1n) is 6.73. The van der Waals surface area contributed by atoms with Crippen molar-refractivity contribution in [1.82, 2.24) is 19.7 Å². The van der Waals surface area contributed by atoms with E-state index in [9.17, 15) is 4.79 Å². The molecule has 1 aromatic rings. The predicted molar refractivity (Wildman–Crippen MR) is 72.6 cm³/mol. The highest BCUT2D eigenvalue weighted by Crippen LogP contribution is 2.10. The number of esters is 1. The van der Waals surface area contributed by atoms with Gasteiger partial charge in [0.15, 0.2) is 0 Å². The van der Waals surface area contributed by atoms with Crippen LogP contribution in [-0.4, -0.2) is 44.8 Å². The Morgan fingerprint density at radius 2 is 2.11 bits per heavy atom. The third kappa shape index (κ3) is 4.63. The summed E-state index contributed by atoms with van der Waals surface area (Å²) >= 11 is 0. The van der Waals surface area contributed by atoms with Gasteiger partial charge in [-0.3, -0.25) is 9.69 Å². The highest BCUT2D eigenvalue weighted by Gasteiger charge is 2.18. The lowest BCUT2D eigenvalue weighted by Gasteiger charge is -2.25. The summed E-state index contributed by atoms with van der Waals surface area (Å²) in [5, 5.41) is 4.21. The molecule has 0 N–H and O–H groups in total. The Morgan fingerprint density at radius 1 is 1.42 bits per heavy atom. The Labute approximate surface area is 114 Å². The zero-order chi connectivity index (χ0) is 14.4. The van der Waals surface area contributed by atoms with E-state index in [0.717, 1.165) is 5.82 Å². The number of hydrogen-bond acceptors (Lipinski definition) is 5. The molecule has 0 fully saturated rings. The van der Waals surface area contributed by atoms with Crippen LogP contribution >= 0.6 is 0 Å². The van der Waals surface area contributed by atoms with Gasteiger partial charge in [0.1, 0.15) is 12.2 Å². The van der Waals surface area contributed by atoms with Crippen molar-refractivity contribution < 1.29 is 9.53 Å². The second-order valence-electron chi connectivity index (χ2n) is 5.02. The molecule has 0 aromatic carbocycles. The van der Waals surface area contributed by atoms with Gasteiger partial charge in [-0.15, -0.1) is 0 Å². The minimum absolute atomic E-state index is 0.202. The van der Waals surface area contributed by atoms with Gasteiger partial charge in [-0.1, -0.05) is 0 Å². The third-order valence-corrected chi connectivity index (χ3v) is 2.85. The zero-order valence-corrected chi connectivity index (χ0v) is 12.5. The molecule has 0 aliphatic carbocycles. The molecular formula is C13H24N4O2. The Balaban J connectivity index is 2.73. The van der Waals surface area contributed by atoms with E-state index in [0.29, 0.717) is 13.2 Å². The quantitative estimate of drug-likeness (QED) is 0.703. The Kier molecular flexibility index (Phi) is 5.95. The van der Waals surface area contributed by atoms with Crippen molar-refractivity contribution >= 4 is 5.97 Å². The number of hydrogen-bond donors (Lipinski definition) is 0. The standard InChI is InChI=1S/C13H24N4O2/c1-6-19-13(18)8-16(10(2)3)7-12-14-9-15-17(12)11(4)5/h9-11H,6-8H2,1-5H3. The van der Waals surface area contributed by atoms with Crippen molar-refractivity contribution in [3.63, 3.8) is 0 Å². The summed E-state index contributed by atoms with van der Waals surface area (Å²) in [6, 6.07) is 0.496. The van der Waals surface area contributed by atoms with E-state index in [4.69, 9.17) is 4.74 Å². The van der Waals surface area contributed by atoms with E-state index in [1.165, 1.54) is 0 Å². The number of rotatable bonds is 7. The van der Waals surface area contributed by atoms with Crippen molar-refractivity contribution in [3.8, 4) is 0 Å². The number of carbonyl (C=O) groups is 1. The molecule has 1 heterocycles. The third-order valence-electron chi connectivity index (χ3n) is 2.85. The van der Waals surface area contributed by atoms with Crippen LogP contribution < -0.4 is 0 Å². The highest BCUT2D eigenvalue weighted by molar-refractivity contribution is 5.71. The fourth-order valence-corrected chi connectivity index (χ4v) is 1.79. The molecule has 6 nitrogen and oxygen atoms in total. The molecule has 0 aliphatic rings. The maximum atomic E-state index is 11.6. The van der Waals surface area contributed by atoms with E-state index in [-0.39, 0.29) is 24.6 Å². The van der Waals surface area contributed by atoms with E-state index < -0.39 is 0 Å². The average molecular weight is 268 g/mol. The van der Waals surface area contributed by atoms with Gasteiger partial charge < -0.3 is 4.74 Å². The molecule has 0 amide bonds. The molecule has 19 heavy (non-hydrogen) atoms. The molecule has 0 bridgehead atoms. The molecule has 1 rings (SSSR count). The van der Waals surface area contributed by atoms with Crippen LogP contribution in [0, 0.1) is 0 Å². The second-order valence-corrected chi connectivity index (χ2v) is 5.02. The monoisotopic (exact) mass is 268 g/mol. The van der Waals surface area contributed by atoms with Crippen LogP contribution in [0.3, 0.4) is 0 Å². The first-order valence-corrected chi connectivity index (χ1v) is 6.73. The van der Waals surface area contributed by atoms with Crippen molar-refractivity contribution in [2.24, 2.45) is 0 Å². The van der Waals surface area contributed by atoms with Crippen molar-refractivity contribution in [2.45, 2.75) is 53.2 Å². The normalized spacial score (nSPS) is 11.6. The van der Waals surface area contributed by atoms with E-state index in [2.05, 4.69) is 37.8 Å². The van der Waals surface area contributed by atoms with Crippen molar-refractivity contribution in [2.75, 3.05) is 13.2 Å². The first kappa shape index (κ1) is 15.6. The van der Waals surface area contributed by atoms with Crippen LogP contribution in [0.4, 0.5) is 0 Å². The summed E-state index contributed by atoms with van der Waals surface area (Å²) in [7, 11) is 0. The van der Waals surface area contributed by atoms with E-state index in [1.807, 2.05) is 16.5 Å². The second kappa shape index (κ2) is 7.23. The van der Waals surface area contributed by atoms with Crippen LogP contribution in [0.15, 0.2) is 6.33 Å². The van der Waals surface area contributed by atoms with Crippen LogP contribution in [0.25, 0.3) is 0 Å². The number of carbonyl (C=O) groups excluding carboxylic acids is 1. The molecule has 6 heteroatoms. The minimum atomic E-state index is -0.202. The number of nitrogens with zero attached hydrogens (tertiary/aromatic N) is 4. The highest BCUT2D eigenvalue weighted by atomic mass is 16.5. The molecule has 1 aromatic heterocycles. The number of aromatic nitrogens is 3. The molecule has 0 spiro atoms. The summed E-state index contributed by atoms with van der Waals surface area (Å²) in [5.41, 5.74) is 0. The lowest BCUT2D eigenvalue weighted by molar-refractivity contribution is -0.145. The largest absolute Gasteiger partial charge is 0.465 e. The van der Waals surface area contributed by atoms with Gasteiger partial charge >= 0.3 is 5.97 Å². The lowest BCUT2D eigenvalue weighted by atomic mass is 10.3. The van der Waals surface area contributed by atoms with Crippen LogP contribution in [0.5, 0.6) is 0 Å². The summed E-state index contributed by atoms with van der Waals surface area (Å²) in [5.74, 6) is 0.666. The van der Waals surface area contributed by atoms with Gasteiger partial charge in [0.25, 0.3) is 0 Å². The SMILES string of the molecule is CCOC(=O)CN(Cc1ncnn1C(C)C)C(C)C. The molecular weight excluding hydrogens is 244 g/mol. The van der Waals surface area contributed by atoms with Crippen LogP contribution in [0.1, 0.15) is 46.5 Å². The smallest absolute Gasteiger partial charge is 0.320 e. The molecule has 0 radical (unpaired) electrons. The Hall–Kier alpha value is -1.43. The topological polar surface area (TPSA) is 60.2 Å². The zero-order valence-electron chi connectivity index (χ0n) is 12.5. The summed E-state index contributed by atoms with van der Waals surface area (Å²) in [6.45, 7) is 11.3. The maximum absolute atomic E-state index is 11.6. The molecule has 0 saturated heterocycles. The molecule has 0 unspecified atom stereocenters. The predicted octanol–water partition coefficient (Wildman–Crippen LogP) is 1.63. The molecule has 108 valence electrons. The molecule has 0 saturated carbocycles. The molecule has 0 atom stereocenters. The van der Waals surface area contributed by atoms with Crippen molar-refractivity contribution in [1.29, 1.82) is 0 Å². The van der Waals surface area contributed by atoms with Crippen LogP contribution in [-0.2, 0) is 16.1 Å². The number of ether oxygens (including phenoxy) is 1. The van der Waals surface area contributed by atoms with Crippen molar-refractivity contribution in [3.05, 3.63) is 12.2 Å². The fraction of sp³-hybridized carbons (Fsp3) is 0.769. The summed E-state index contributed by atoms with van der Waals surface area (Å²) in [4.78, 5) is 17.9. The minimum Gasteiger partial charge on any atom is -0.465 e. The summed E-state index contributed by atoms with van der Waals surface area (Å²) in [6.07, 6.45) is 1.55.